The molecule has 1 aliphatic heterocycles. The maximum absolute atomic E-state index is 11.1. The molecule has 0 radical (unpaired) electrons. The lowest BCUT2D eigenvalue weighted by molar-refractivity contribution is -0.120. The molecule has 4 heteroatoms. The van der Waals surface area contributed by atoms with E-state index < -0.39 is 0 Å². The number of hydrogen-bond donors (Lipinski definition) is 1. The largest absolute Gasteiger partial charge is 0.320 e. The Labute approximate surface area is 75.6 Å². The summed E-state index contributed by atoms with van der Waals surface area (Å²) in [6.45, 7) is 2.01. The topological polar surface area (TPSA) is 46.2 Å². The van der Waals surface area contributed by atoms with Gasteiger partial charge in [-0.1, -0.05) is 24.8 Å². The van der Waals surface area contributed by atoms with Gasteiger partial charge in [-0.15, -0.1) is 0 Å². The molecule has 66 valence electrons. The predicted molar refractivity (Wildman–Crippen MR) is 48.6 cm³/mol. The van der Waals surface area contributed by atoms with Crippen molar-refractivity contribution in [3.63, 3.8) is 0 Å². The van der Waals surface area contributed by atoms with Gasteiger partial charge < -0.3 is 10.1 Å². The number of thioether (sulfide) groups is 1. The van der Waals surface area contributed by atoms with E-state index in [0.717, 1.165) is 17.7 Å². The van der Waals surface area contributed by atoms with Crippen LogP contribution in [0, 0.1) is 0 Å². The van der Waals surface area contributed by atoms with Gasteiger partial charge in [-0.25, -0.2) is 0 Å². The lowest BCUT2D eigenvalue weighted by Crippen LogP contribution is -2.22. The third-order valence-electron chi connectivity index (χ3n) is 1.51. The van der Waals surface area contributed by atoms with Crippen LogP contribution in [0.4, 0.5) is 0 Å². The van der Waals surface area contributed by atoms with E-state index in [4.69, 9.17) is 0 Å². The quantitative estimate of drug-likeness (QED) is 0.669. The molecule has 0 aromatic heterocycles. The monoisotopic (exact) mass is 185 g/mol. The molecule has 1 fully saturated rings. The van der Waals surface area contributed by atoms with Crippen LogP contribution in [0.25, 0.3) is 0 Å². The molecule has 0 aromatic carbocycles. The van der Waals surface area contributed by atoms with Gasteiger partial charge >= 0.3 is 0 Å². The van der Waals surface area contributed by atoms with E-state index in [-0.39, 0.29) is 11.2 Å². The maximum atomic E-state index is 11.1. The van der Waals surface area contributed by atoms with Gasteiger partial charge in [-0.3, -0.25) is 4.79 Å². The Kier molecular flexibility index (Phi) is 3.34. The first kappa shape index (κ1) is 9.32. The number of hydrogen-bond acceptors (Lipinski definition) is 3. The molecule has 1 unspecified atom stereocenters. The predicted octanol–water partition coefficient (Wildman–Crippen LogP) is 1.06. The maximum Gasteiger partial charge on any atom is 0.238 e. The molecule has 1 rings (SSSR count). The van der Waals surface area contributed by atoms with Crippen LogP contribution in [0.15, 0.2) is 11.1 Å². The number of nitrogens with one attached hydrogen (secondary N) is 1. The molecule has 0 aliphatic carbocycles. The number of aldehydes is 1. The Balaban J connectivity index is 2.55. The highest BCUT2D eigenvalue weighted by molar-refractivity contribution is 8.04. The standard InChI is InChI=1S/C8H11NO2S/c1-2-3-7-9-8(11)6(12-7)4-5-10/h3,5-6H,2,4H2,1H3,(H,9,11)/b7-3-. The molecule has 0 spiro atoms. The number of rotatable bonds is 3. The summed E-state index contributed by atoms with van der Waals surface area (Å²) in [4.78, 5) is 21.3. The summed E-state index contributed by atoms with van der Waals surface area (Å²) < 4.78 is 0. The van der Waals surface area contributed by atoms with Crippen LogP contribution in [0.2, 0.25) is 0 Å². The number of allylic oxidation sites excluding steroid dienone is 1. The van der Waals surface area contributed by atoms with E-state index in [1.54, 1.807) is 0 Å². The van der Waals surface area contributed by atoms with Gasteiger partial charge in [-0.05, 0) is 6.42 Å². The van der Waals surface area contributed by atoms with Crippen molar-refractivity contribution < 1.29 is 9.59 Å². The van der Waals surface area contributed by atoms with Crippen molar-refractivity contribution in [3.8, 4) is 0 Å². The molecule has 1 N–H and O–H groups in total. The van der Waals surface area contributed by atoms with E-state index in [2.05, 4.69) is 5.32 Å². The number of amides is 1. The Morgan fingerprint density at radius 3 is 3.00 bits per heavy atom. The van der Waals surface area contributed by atoms with Gasteiger partial charge in [0.2, 0.25) is 5.91 Å². The van der Waals surface area contributed by atoms with Crippen LogP contribution in [0.1, 0.15) is 19.8 Å². The Bertz CT molecular complexity index is 225. The molecular formula is C8H11NO2S. The van der Waals surface area contributed by atoms with Crippen molar-refractivity contribution >= 4 is 24.0 Å². The molecular weight excluding hydrogens is 174 g/mol. The fraction of sp³-hybridized carbons (Fsp3) is 0.500. The Morgan fingerprint density at radius 2 is 2.42 bits per heavy atom. The van der Waals surface area contributed by atoms with Crippen molar-refractivity contribution in [2.24, 2.45) is 0 Å². The van der Waals surface area contributed by atoms with E-state index in [1.165, 1.54) is 11.8 Å². The first-order chi connectivity index (χ1) is 5.77. The zero-order chi connectivity index (χ0) is 8.97. The number of carbonyl (C=O) groups excluding carboxylic acids is 2. The van der Waals surface area contributed by atoms with Gasteiger partial charge in [0.15, 0.2) is 0 Å². The molecule has 1 amide bonds. The van der Waals surface area contributed by atoms with Crippen LogP contribution < -0.4 is 5.32 Å². The molecule has 3 nitrogen and oxygen atoms in total. The number of carbonyl (C=O) groups is 2. The highest BCUT2D eigenvalue weighted by Crippen LogP contribution is 2.28. The Hall–Kier alpha value is -0.770. The van der Waals surface area contributed by atoms with Gasteiger partial charge in [0.05, 0.1) is 10.3 Å². The minimum atomic E-state index is -0.208. The van der Waals surface area contributed by atoms with Gasteiger partial charge in [0.1, 0.15) is 6.29 Å². The smallest absolute Gasteiger partial charge is 0.238 e. The summed E-state index contributed by atoms with van der Waals surface area (Å²) in [5.41, 5.74) is 0. The molecule has 1 saturated heterocycles. The summed E-state index contributed by atoms with van der Waals surface area (Å²) in [7, 11) is 0. The fourth-order valence-corrected chi connectivity index (χ4v) is 2.03. The van der Waals surface area contributed by atoms with Crippen LogP contribution >= 0.6 is 11.8 Å². The minimum absolute atomic E-state index is 0.0493. The van der Waals surface area contributed by atoms with Gasteiger partial charge in [-0.2, -0.15) is 0 Å². The summed E-state index contributed by atoms with van der Waals surface area (Å²) in [5.74, 6) is -0.0493. The molecule has 0 bridgehead atoms. The van der Waals surface area contributed by atoms with Gasteiger partial charge in [0, 0.05) is 6.42 Å². The van der Waals surface area contributed by atoms with Crippen LogP contribution in [0.3, 0.4) is 0 Å². The second-order valence-electron chi connectivity index (χ2n) is 2.47. The molecule has 1 atom stereocenters. The highest BCUT2D eigenvalue weighted by atomic mass is 32.2. The average Bonchev–Trinajstić information content (AvgIpc) is 2.34. The first-order valence-electron chi connectivity index (χ1n) is 3.89. The molecule has 0 aromatic rings. The first-order valence-corrected chi connectivity index (χ1v) is 4.77. The SMILES string of the molecule is CC/C=C1/NC(=O)C(CC=O)S1. The zero-order valence-electron chi connectivity index (χ0n) is 6.87. The van der Waals surface area contributed by atoms with Crippen molar-refractivity contribution in [3.05, 3.63) is 11.1 Å². The second kappa shape index (κ2) is 4.30. The van der Waals surface area contributed by atoms with Crippen molar-refractivity contribution in [1.82, 2.24) is 5.32 Å². The van der Waals surface area contributed by atoms with E-state index in [0.29, 0.717) is 6.42 Å². The minimum Gasteiger partial charge on any atom is -0.320 e. The lowest BCUT2D eigenvalue weighted by atomic mass is 10.3. The molecule has 12 heavy (non-hydrogen) atoms. The summed E-state index contributed by atoms with van der Waals surface area (Å²) >= 11 is 1.44. The summed E-state index contributed by atoms with van der Waals surface area (Å²) in [5, 5.41) is 3.39. The third kappa shape index (κ3) is 2.11. The van der Waals surface area contributed by atoms with Crippen LogP contribution in [-0.4, -0.2) is 17.4 Å². The molecule has 0 saturated carbocycles. The van der Waals surface area contributed by atoms with Gasteiger partial charge in [0.25, 0.3) is 0 Å². The van der Waals surface area contributed by atoms with Crippen LogP contribution in [0.5, 0.6) is 0 Å². The van der Waals surface area contributed by atoms with E-state index in [1.807, 2.05) is 13.0 Å². The van der Waals surface area contributed by atoms with Crippen molar-refractivity contribution in [2.45, 2.75) is 25.0 Å². The third-order valence-corrected chi connectivity index (χ3v) is 2.72. The average molecular weight is 185 g/mol. The van der Waals surface area contributed by atoms with Crippen molar-refractivity contribution in [1.29, 1.82) is 0 Å². The summed E-state index contributed by atoms with van der Waals surface area (Å²) in [6.07, 6.45) is 3.94. The zero-order valence-corrected chi connectivity index (χ0v) is 7.69. The lowest BCUT2D eigenvalue weighted by Gasteiger charge is -1.95. The Morgan fingerprint density at radius 1 is 1.67 bits per heavy atom. The fourth-order valence-electron chi connectivity index (χ4n) is 0.965. The van der Waals surface area contributed by atoms with E-state index in [9.17, 15) is 9.59 Å². The normalized spacial score (nSPS) is 25.9. The highest BCUT2D eigenvalue weighted by Gasteiger charge is 2.27. The molecule has 1 aliphatic rings. The molecule has 1 heterocycles. The van der Waals surface area contributed by atoms with E-state index >= 15 is 0 Å². The van der Waals surface area contributed by atoms with Crippen molar-refractivity contribution in [2.75, 3.05) is 0 Å². The second-order valence-corrected chi connectivity index (χ2v) is 3.72. The summed E-state index contributed by atoms with van der Waals surface area (Å²) in [6, 6.07) is 0. The van der Waals surface area contributed by atoms with Crippen LogP contribution in [-0.2, 0) is 9.59 Å².